The number of aromatic nitrogens is 1. The van der Waals surface area contributed by atoms with E-state index in [9.17, 15) is 4.79 Å². The standard InChI is InChI=1S/C15H23N3O2S/c1-2-20-15(19)14-17-11(10-21-14)9-18-8-4-6-13(18)12-5-3-7-16-12/h10,12-13,16H,2-9H2,1H3. The summed E-state index contributed by atoms with van der Waals surface area (Å²) in [6.45, 7) is 5.34. The molecule has 0 aromatic carbocycles. The molecule has 3 rings (SSSR count). The van der Waals surface area contributed by atoms with Crippen molar-refractivity contribution in [1.82, 2.24) is 15.2 Å². The molecule has 0 saturated carbocycles. The predicted molar refractivity (Wildman–Crippen MR) is 82.5 cm³/mol. The SMILES string of the molecule is CCOC(=O)c1nc(CN2CCCC2C2CCCN2)cs1. The maximum absolute atomic E-state index is 11.7. The minimum absolute atomic E-state index is 0.302. The van der Waals surface area contributed by atoms with Gasteiger partial charge in [0.25, 0.3) is 0 Å². The van der Waals surface area contributed by atoms with Crippen LogP contribution in [-0.4, -0.2) is 47.6 Å². The smallest absolute Gasteiger partial charge is 0.367 e. The van der Waals surface area contributed by atoms with E-state index in [1.54, 1.807) is 0 Å². The van der Waals surface area contributed by atoms with E-state index in [0.29, 0.717) is 23.7 Å². The van der Waals surface area contributed by atoms with Crippen molar-refractivity contribution in [2.45, 2.75) is 51.2 Å². The van der Waals surface area contributed by atoms with Gasteiger partial charge >= 0.3 is 5.97 Å². The first-order valence-electron chi connectivity index (χ1n) is 7.87. The van der Waals surface area contributed by atoms with Gasteiger partial charge in [-0.2, -0.15) is 0 Å². The number of carbonyl (C=O) groups is 1. The number of rotatable bonds is 5. The van der Waals surface area contributed by atoms with Crippen LogP contribution in [0.2, 0.25) is 0 Å². The Kier molecular flexibility index (Phi) is 4.87. The van der Waals surface area contributed by atoms with Crippen molar-refractivity contribution in [3.63, 3.8) is 0 Å². The Bertz CT molecular complexity index is 485. The molecule has 2 aliphatic rings. The van der Waals surface area contributed by atoms with E-state index in [1.807, 2.05) is 12.3 Å². The molecule has 5 nitrogen and oxygen atoms in total. The molecule has 116 valence electrons. The zero-order valence-corrected chi connectivity index (χ0v) is 13.3. The van der Waals surface area contributed by atoms with Crippen molar-refractivity contribution < 1.29 is 9.53 Å². The Morgan fingerprint density at radius 1 is 1.52 bits per heavy atom. The van der Waals surface area contributed by atoms with Gasteiger partial charge in [0.15, 0.2) is 0 Å². The third-order valence-electron chi connectivity index (χ3n) is 4.34. The van der Waals surface area contributed by atoms with Gasteiger partial charge in [-0.25, -0.2) is 9.78 Å². The van der Waals surface area contributed by atoms with Gasteiger partial charge < -0.3 is 10.1 Å². The van der Waals surface area contributed by atoms with E-state index in [1.165, 1.54) is 37.0 Å². The van der Waals surface area contributed by atoms with Gasteiger partial charge in [-0.3, -0.25) is 4.90 Å². The van der Waals surface area contributed by atoms with Crippen molar-refractivity contribution in [2.75, 3.05) is 19.7 Å². The summed E-state index contributed by atoms with van der Waals surface area (Å²) in [7, 11) is 0. The second-order valence-corrected chi connectivity index (χ2v) is 6.61. The molecule has 2 unspecified atom stereocenters. The van der Waals surface area contributed by atoms with E-state index in [0.717, 1.165) is 25.3 Å². The number of likely N-dealkylation sites (tertiary alicyclic amines) is 1. The van der Waals surface area contributed by atoms with E-state index < -0.39 is 0 Å². The molecule has 0 aliphatic carbocycles. The first-order valence-corrected chi connectivity index (χ1v) is 8.75. The number of ether oxygens (including phenoxy) is 1. The Morgan fingerprint density at radius 3 is 3.19 bits per heavy atom. The molecule has 2 saturated heterocycles. The van der Waals surface area contributed by atoms with Crippen LogP contribution in [0.3, 0.4) is 0 Å². The van der Waals surface area contributed by atoms with Crippen LogP contribution in [0.1, 0.15) is 48.1 Å². The van der Waals surface area contributed by atoms with Gasteiger partial charge in [0, 0.05) is 24.0 Å². The Labute approximate surface area is 129 Å². The molecule has 0 amide bonds. The number of esters is 1. The molecule has 1 N–H and O–H groups in total. The number of thiazole rings is 1. The zero-order chi connectivity index (χ0) is 14.7. The maximum Gasteiger partial charge on any atom is 0.367 e. The molecule has 1 aromatic heterocycles. The number of carbonyl (C=O) groups excluding carboxylic acids is 1. The molecule has 2 fully saturated rings. The first-order chi connectivity index (χ1) is 10.3. The van der Waals surface area contributed by atoms with Gasteiger partial charge in [-0.15, -0.1) is 11.3 Å². The maximum atomic E-state index is 11.7. The number of hydrogen-bond acceptors (Lipinski definition) is 6. The van der Waals surface area contributed by atoms with Crippen LogP contribution in [0, 0.1) is 0 Å². The summed E-state index contributed by atoms with van der Waals surface area (Å²) in [6.07, 6.45) is 5.11. The van der Waals surface area contributed by atoms with E-state index >= 15 is 0 Å². The monoisotopic (exact) mass is 309 g/mol. The lowest BCUT2D eigenvalue weighted by atomic mass is 10.0. The topological polar surface area (TPSA) is 54.5 Å². The fourth-order valence-corrected chi connectivity index (χ4v) is 4.12. The number of nitrogens with zero attached hydrogens (tertiary/aromatic N) is 2. The average Bonchev–Trinajstić information content (AvgIpc) is 3.20. The third-order valence-corrected chi connectivity index (χ3v) is 5.22. The highest BCUT2D eigenvalue weighted by atomic mass is 32.1. The van der Waals surface area contributed by atoms with Crippen LogP contribution in [0.4, 0.5) is 0 Å². The Morgan fingerprint density at radius 2 is 2.43 bits per heavy atom. The highest BCUT2D eigenvalue weighted by Crippen LogP contribution is 2.26. The second kappa shape index (κ2) is 6.85. The second-order valence-electron chi connectivity index (χ2n) is 5.75. The van der Waals surface area contributed by atoms with Crippen LogP contribution >= 0.6 is 11.3 Å². The number of hydrogen-bond donors (Lipinski definition) is 1. The lowest BCUT2D eigenvalue weighted by Gasteiger charge is -2.28. The fourth-order valence-electron chi connectivity index (χ4n) is 3.42. The zero-order valence-electron chi connectivity index (χ0n) is 12.5. The molecular weight excluding hydrogens is 286 g/mol. The van der Waals surface area contributed by atoms with Crippen LogP contribution in [0.25, 0.3) is 0 Å². The van der Waals surface area contributed by atoms with E-state index in [-0.39, 0.29) is 5.97 Å². The summed E-state index contributed by atoms with van der Waals surface area (Å²) < 4.78 is 5.00. The van der Waals surface area contributed by atoms with Crippen molar-refractivity contribution in [2.24, 2.45) is 0 Å². The summed E-state index contributed by atoms with van der Waals surface area (Å²) in [4.78, 5) is 18.6. The minimum Gasteiger partial charge on any atom is -0.461 e. The molecule has 0 spiro atoms. The van der Waals surface area contributed by atoms with Crippen LogP contribution < -0.4 is 5.32 Å². The molecule has 3 heterocycles. The molecule has 21 heavy (non-hydrogen) atoms. The Hall–Kier alpha value is -0.980. The molecular formula is C15H23N3O2S. The van der Waals surface area contributed by atoms with Crippen molar-refractivity contribution in [1.29, 1.82) is 0 Å². The summed E-state index contributed by atoms with van der Waals surface area (Å²) in [5, 5.41) is 6.08. The lowest BCUT2D eigenvalue weighted by molar-refractivity contribution is 0.0525. The van der Waals surface area contributed by atoms with Crippen molar-refractivity contribution in [3.8, 4) is 0 Å². The molecule has 1 aromatic rings. The van der Waals surface area contributed by atoms with Gasteiger partial charge in [0.2, 0.25) is 5.01 Å². The summed E-state index contributed by atoms with van der Waals surface area (Å²) in [5.41, 5.74) is 0.993. The van der Waals surface area contributed by atoms with E-state index in [4.69, 9.17) is 4.74 Å². The van der Waals surface area contributed by atoms with Crippen LogP contribution in [0.15, 0.2) is 5.38 Å². The van der Waals surface area contributed by atoms with Crippen molar-refractivity contribution in [3.05, 3.63) is 16.1 Å². The normalized spacial score (nSPS) is 26.3. The highest BCUT2D eigenvalue weighted by Gasteiger charge is 2.33. The molecule has 0 radical (unpaired) electrons. The quantitative estimate of drug-likeness (QED) is 0.844. The largest absolute Gasteiger partial charge is 0.461 e. The summed E-state index contributed by atoms with van der Waals surface area (Å²) in [5.74, 6) is -0.302. The molecule has 0 bridgehead atoms. The van der Waals surface area contributed by atoms with Gasteiger partial charge in [-0.1, -0.05) is 0 Å². The predicted octanol–water partition coefficient (Wildman–Crippen LogP) is 2.04. The lowest BCUT2D eigenvalue weighted by Crippen LogP contribution is -2.43. The van der Waals surface area contributed by atoms with Crippen molar-refractivity contribution >= 4 is 17.3 Å². The fraction of sp³-hybridized carbons (Fsp3) is 0.733. The summed E-state index contributed by atoms with van der Waals surface area (Å²) in [6, 6.07) is 1.26. The molecule has 6 heteroatoms. The third kappa shape index (κ3) is 3.44. The van der Waals surface area contributed by atoms with Gasteiger partial charge in [-0.05, 0) is 45.7 Å². The van der Waals surface area contributed by atoms with E-state index in [2.05, 4.69) is 15.2 Å². The Balaban J connectivity index is 1.61. The summed E-state index contributed by atoms with van der Waals surface area (Å²) >= 11 is 1.39. The average molecular weight is 309 g/mol. The van der Waals surface area contributed by atoms with Crippen LogP contribution in [-0.2, 0) is 11.3 Å². The van der Waals surface area contributed by atoms with Gasteiger partial charge in [0.05, 0.1) is 12.3 Å². The first kappa shape index (κ1) is 14.9. The highest BCUT2D eigenvalue weighted by molar-refractivity contribution is 7.11. The molecule has 2 atom stereocenters. The van der Waals surface area contributed by atoms with Gasteiger partial charge in [0.1, 0.15) is 0 Å². The van der Waals surface area contributed by atoms with Crippen LogP contribution in [0.5, 0.6) is 0 Å². The molecule has 2 aliphatic heterocycles. The minimum atomic E-state index is -0.302. The number of nitrogens with one attached hydrogen (secondary N) is 1.